The first-order valence-corrected chi connectivity index (χ1v) is 7.10. The fraction of sp³-hybridized carbons (Fsp3) is 0.500. The predicted octanol–water partition coefficient (Wildman–Crippen LogP) is 3.08. The highest BCUT2D eigenvalue weighted by atomic mass is 32.2. The van der Waals surface area contributed by atoms with E-state index in [0.29, 0.717) is 11.8 Å². The molecule has 0 bridgehead atoms. The lowest BCUT2D eigenvalue weighted by Crippen LogP contribution is -2.35. The van der Waals surface area contributed by atoms with Crippen molar-refractivity contribution >= 4 is 23.4 Å². The lowest BCUT2D eigenvalue weighted by atomic mass is 10.1. The summed E-state index contributed by atoms with van der Waals surface area (Å²) in [5.41, 5.74) is 3.76. The second kappa shape index (κ2) is 5.22. The van der Waals surface area contributed by atoms with Crippen molar-refractivity contribution in [1.29, 1.82) is 0 Å². The summed E-state index contributed by atoms with van der Waals surface area (Å²) in [7, 11) is 0. The highest BCUT2D eigenvalue weighted by Gasteiger charge is 2.23. The second-order valence-corrected chi connectivity index (χ2v) is 6.40. The zero-order valence-corrected chi connectivity index (χ0v) is 11.9. The van der Waals surface area contributed by atoms with Gasteiger partial charge in [-0.25, -0.2) is 0 Å². The molecule has 0 spiro atoms. The largest absolute Gasteiger partial charge is 0.481 e. The molecule has 98 valence electrons. The summed E-state index contributed by atoms with van der Waals surface area (Å²) in [6, 6.07) is 4.41. The van der Waals surface area contributed by atoms with Gasteiger partial charge in [-0.05, 0) is 37.1 Å². The van der Waals surface area contributed by atoms with E-state index < -0.39 is 5.97 Å². The van der Waals surface area contributed by atoms with E-state index in [0.717, 1.165) is 6.54 Å². The van der Waals surface area contributed by atoms with Crippen LogP contribution in [-0.4, -0.2) is 29.4 Å². The third-order valence-electron chi connectivity index (χ3n) is 3.32. The summed E-state index contributed by atoms with van der Waals surface area (Å²) in [5.74, 6) is -0.730. The van der Waals surface area contributed by atoms with Crippen LogP contribution in [0.15, 0.2) is 17.0 Å². The fourth-order valence-electron chi connectivity index (χ4n) is 2.22. The molecule has 1 aromatic carbocycles. The number of carboxylic acid groups (broad SMARTS) is 1. The quantitative estimate of drug-likeness (QED) is 0.912. The first-order chi connectivity index (χ1) is 8.47. The molecule has 0 amide bonds. The monoisotopic (exact) mass is 265 g/mol. The molecule has 0 saturated carbocycles. The van der Waals surface area contributed by atoms with E-state index in [4.69, 9.17) is 5.11 Å². The van der Waals surface area contributed by atoms with Crippen molar-refractivity contribution in [2.45, 2.75) is 37.3 Å². The molecule has 1 aliphatic heterocycles. The average molecular weight is 265 g/mol. The minimum atomic E-state index is -0.730. The van der Waals surface area contributed by atoms with E-state index in [2.05, 4.69) is 37.8 Å². The topological polar surface area (TPSA) is 40.5 Å². The molecule has 1 N–H and O–H groups in total. The summed E-state index contributed by atoms with van der Waals surface area (Å²) in [6.45, 7) is 7.93. The minimum absolute atomic E-state index is 0.198. The number of fused-ring (bicyclic) bond motifs is 1. The van der Waals surface area contributed by atoms with Crippen LogP contribution in [0.4, 0.5) is 5.69 Å². The molecule has 1 unspecified atom stereocenters. The Morgan fingerprint density at radius 1 is 1.44 bits per heavy atom. The molecule has 2 rings (SSSR count). The number of carbonyl (C=O) groups is 1. The molecule has 1 aliphatic rings. The summed E-state index contributed by atoms with van der Waals surface area (Å²) in [5, 5.41) is 9.33. The van der Waals surface area contributed by atoms with Crippen molar-refractivity contribution in [3.63, 3.8) is 0 Å². The molecule has 1 aromatic rings. The number of hydrogen-bond donors (Lipinski definition) is 1. The van der Waals surface area contributed by atoms with Crippen LogP contribution in [0.3, 0.4) is 0 Å². The molecule has 0 aliphatic carbocycles. The fourth-order valence-corrected chi connectivity index (χ4v) is 3.46. The van der Waals surface area contributed by atoms with Gasteiger partial charge in [-0.15, -0.1) is 11.8 Å². The van der Waals surface area contributed by atoms with Crippen LogP contribution in [0.5, 0.6) is 0 Å². The molecule has 18 heavy (non-hydrogen) atoms. The summed E-state index contributed by atoms with van der Waals surface area (Å²) >= 11 is 1.88. The molecule has 0 aromatic heterocycles. The van der Waals surface area contributed by atoms with Gasteiger partial charge in [-0.2, -0.15) is 0 Å². The van der Waals surface area contributed by atoms with Crippen LogP contribution in [0.1, 0.15) is 24.5 Å². The smallest absolute Gasteiger partial charge is 0.305 e. The average Bonchev–Trinajstić information content (AvgIpc) is 2.28. The van der Waals surface area contributed by atoms with E-state index in [1.54, 1.807) is 0 Å². The van der Waals surface area contributed by atoms with Gasteiger partial charge in [-0.1, -0.05) is 6.92 Å². The number of carboxylic acids is 1. The number of benzene rings is 1. The first kappa shape index (κ1) is 13.3. The number of thioether (sulfide) groups is 1. The van der Waals surface area contributed by atoms with Gasteiger partial charge in [0.05, 0.1) is 12.1 Å². The van der Waals surface area contributed by atoms with Gasteiger partial charge in [-0.3, -0.25) is 4.79 Å². The maximum absolute atomic E-state index is 10.7. The van der Waals surface area contributed by atoms with Gasteiger partial charge in [0.15, 0.2) is 0 Å². The van der Waals surface area contributed by atoms with Crippen molar-refractivity contribution in [3.05, 3.63) is 23.3 Å². The number of hydrogen-bond acceptors (Lipinski definition) is 3. The Balaban J connectivity index is 2.29. The Hall–Kier alpha value is -1.16. The van der Waals surface area contributed by atoms with Crippen LogP contribution in [0, 0.1) is 13.8 Å². The van der Waals surface area contributed by atoms with E-state index in [1.807, 2.05) is 11.8 Å². The molecule has 0 fully saturated rings. The van der Waals surface area contributed by atoms with Gasteiger partial charge in [0.1, 0.15) is 0 Å². The molecule has 3 nitrogen and oxygen atoms in total. The van der Waals surface area contributed by atoms with Crippen molar-refractivity contribution in [1.82, 2.24) is 0 Å². The van der Waals surface area contributed by atoms with Crippen molar-refractivity contribution < 1.29 is 9.90 Å². The number of anilines is 1. The van der Waals surface area contributed by atoms with Crippen molar-refractivity contribution in [3.8, 4) is 0 Å². The lowest BCUT2D eigenvalue weighted by molar-refractivity contribution is -0.136. The Morgan fingerprint density at radius 2 is 2.11 bits per heavy atom. The Morgan fingerprint density at radius 3 is 2.78 bits per heavy atom. The number of aryl methyl sites for hydroxylation is 2. The number of rotatable bonds is 3. The highest BCUT2D eigenvalue weighted by molar-refractivity contribution is 8.00. The predicted molar refractivity (Wildman–Crippen MR) is 75.7 cm³/mol. The van der Waals surface area contributed by atoms with Crippen LogP contribution >= 0.6 is 11.8 Å². The Labute approximate surface area is 112 Å². The van der Waals surface area contributed by atoms with Gasteiger partial charge >= 0.3 is 5.97 Å². The van der Waals surface area contributed by atoms with Crippen molar-refractivity contribution in [2.75, 3.05) is 18.0 Å². The zero-order chi connectivity index (χ0) is 13.3. The zero-order valence-electron chi connectivity index (χ0n) is 11.1. The summed E-state index contributed by atoms with van der Waals surface area (Å²) < 4.78 is 0. The molecule has 0 radical (unpaired) electrons. The maximum Gasteiger partial charge on any atom is 0.305 e. The molecule has 1 atom stereocenters. The standard InChI is InChI=1S/C14H19NO2S/c1-9-6-12-13(7-10(9)2)18-11(3)8-15(12)5-4-14(16)17/h6-7,11H,4-5,8H2,1-3H3,(H,16,17). The second-order valence-electron chi connectivity index (χ2n) is 4.92. The normalized spacial score (nSPS) is 18.6. The van der Waals surface area contributed by atoms with Gasteiger partial charge in [0, 0.05) is 23.2 Å². The number of aliphatic carboxylic acids is 1. The lowest BCUT2D eigenvalue weighted by Gasteiger charge is -2.34. The van der Waals surface area contributed by atoms with Crippen LogP contribution in [-0.2, 0) is 4.79 Å². The molecule has 1 heterocycles. The summed E-state index contributed by atoms with van der Waals surface area (Å²) in [6.07, 6.45) is 0.198. The first-order valence-electron chi connectivity index (χ1n) is 6.22. The van der Waals surface area contributed by atoms with Gasteiger partial charge in [0.2, 0.25) is 0 Å². The third kappa shape index (κ3) is 2.80. The molecule has 0 saturated heterocycles. The number of nitrogens with zero attached hydrogens (tertiary/aromatic N) is 1. The van der Waals surface area contributed by atoms with Crippen molar-refractivity contribution in [2.24, 2.45) is 0 Å². The van der Waals surface area contributed by atoms with E-state index in [1.165, 1.54) is 21.7 Å². The maximum atomic E-state index is 10.7. The van der Waals surface area contributed by atoms with Crippen LogP contribution in [0.2, 0.25) is 0 Å². The SMILES string of the molecule is Cc1cc2c(cc1C)N(CCC(=O)O)CC(C)S2. The summed E-state index contributed by atoms with van der Waals surface area (Å²) in [4.78, 5) is 14.2. The van der Waals surface area contributed by atoms with E-state index in [9.17, 15) is 4.79 Å². The Kier molecular flexibility index (Phi) is 3.85. The molecular formula is C14H19NO2S. The van der Waals surface area contributed by atoms with Crippen LogP contribution < -0.4 is 4.90 Å². The van der Waals surface area contributed by atoms with Crippen LogP contribution in [0.25, 0.3) is 0 Å². The minimum Gasteiger partial charge on any atom is -0.481 e. The highest BCUT2D eigenvalue weighted by Crippen LogP contribution is 2.39. The van der Waals surface area contributed by atoms with E-state index >= 15 is 0 Å². The molecule has 4 heteroatoms. The van der Waals surface area contributed by atoms with E-state index in [-0.39, 0.29) is 6.42 Å². The molecular weight excluding hydrogens is 246 g/mol. The Bertz CT molecular complexity index is 473. The third-order valence-corrected chi connectivity index (χ3v) is 4.45. The van der Waals surface area contributed by atoms with Gasteiger partial charge in [0.25, 0.3) is 0 Å². The van der Waals surface area contributed by atoms with Gasteiger partial charge < -0.3 is 10.0 Å².